The van der Waals surface area contributed by atoms with Crippen LogP contribution in [0.4, 0.5) is 4.79 Å². The van der Waals surface area contributed by atoms with E-state index in [0.29, 0.717) is 13.0 Å². The summed E-state index contributed by atoms with van der Waals surface area (Å²) in [5, 5.41) is 5.53. The number of likely N-dealkylation sites (tertiary alicyclic amines) is 1. The van der Waals surface area contributed by atoms with Gasteiger partial charge in [0.05, 0.1) is 6.04 Å². The summed E-state index contributed by atoms with van der Waals surface area (Å²) < 4.78 is 5.46. The number of nitrogens with two attached hydrogens (primary N) is 1. The molecule has 10 nitrogen and oxygen atoms in total. The summed E-state index contributed by atoms with van der Waals surface area (Å²) in [5.74, 6) is -2.33. The molecule has 4 N–H and O–H groups in total. The Morgan fingerprint density at radius 2 is 1.66 bits per heavy atom. The van der Waals surface area contributed by atoms with E-state index in [9.17, 15) is 24.0 Å². The molecule has 10 heteroatoms. The standard InChI is InChI=1S/C28H46N4O6/c1-14(2)15(3)38-26(37)31-22(27(4,5)6)25(36)32-13-17-19(28(17,7)8)20(32)24(35)30-18(21(33)23(29)34)12-16-10-9-11-16/h14-20,22H,9-13H2,1-8H3,(H2,29,34)(H,30,35)(H,31,37)/t15-,17-,18?,19-,20-,22+/m0/s1. The average molecular weight is 535 g/mol. The Kier molecular flexibility index (Phi) is 8.53. The van der Waals surface area contributed by atoms with Crippen LogP contribution in [0.25, 0.3) is 0 Å². The van der Waals surface area contributed by atoms with Crippen LogP contribution in [0.2, 0.25) is 0 Å². The van der Waals surface area contributed by atoms with Crippen molar-refractivity contribution in [1.29, 1.82) is 0 Å². The molecule has 214 valence electrons. The third-order valence-electron chi connectivity index (χ3n) is 9.04. The first-order valence-electron chi connectivity index (χ1n) is 13.9. The number of ether oxygens (including phenoxy) is 1. The molecule has 0 spiro atoms. The van der Waals surface area contributed by atoms with Crippen molar-refractivity contribution in [1.82, 2.24) is 15.5 Å². The highest BCUT2D eigenvalue weighted by Gasteiger charge is 2.70. The van der Waals surface area contributed by atoms with E-state index in [-0.39, 0.29) is 41.1 Å². The number of fused-ring (bicyclic) bond motifs is 1. The van der Waals surface area contributed by atoms with Gasteiger partial charge in [-0.15, -0.1) is 0 Å². The fraction of sp³-hybridized carbons (Fsp3) is 0.821. The molecular weight excluding hydrogens is 488 g/mol. The Morgan fingerprint density at radius 3 is 2.13 bits per heavy atom. The summed E-state index contributed by atoms with van der Waals surface area (Å²) >= 11 is 0. The number of carbonyl (C=O) groups excluding carboxylic acids is 5. The minimum Gasteiger partial charge on any atom is -0.446 e. The molecule has 3 fully saturated rings. The molecule has 1 heterocycles. The number of piperidine rings is 1. The van der Waals surface area contributed by atoms with Crippen molar-refractivity contribution < 1.29 is 28.7 Å². The third-order valence-corrected chi connectivity index (χ3v) is 9.04. The minimum atomic E-state index is -1.08. The van der Waals surface area contributed by atoms with Crippen LogP contribution in [0.3, 0.4) is 0 Å². The molecule has 1 saturated heterocycles. The van der Waals surface area contributed by atoms with Gasteiger partial charge in [-0.1, -0.05) is 67.7 Å². The SMILES string of the molecule is CC(C)[C@H](C)OC(=O)N[C@H](C(=O)N1C[C@H]2[C@@H]([C@H]1C(=O)NC(CC1CCC1)C(=O)C(N)=O)C2(C)C)C(C)(C)C. The Balaban J connectivity index is 1.82. The van der Waals surface area contributed by atoms with Crippen molar-refractivity contribution in [3.63, 3.8) is 0 Å². The first-order chi connectivity index (χ1) is 17.5. The van der Waals surface area contributed by atoms with Gasteiger partial charge in [0.25, 0.3) is 5.91 Å². The zero-order valence-corrected chi connectivity index (χ0v) is 24.1. The van der Waals surface area contributed by atoms with E-state index in [2.05, 4.69) is 24.5 Å². The van der Waals surface area contributed by atoms with Crippen molar-refractivity contribution in [3.8, 4) is 0 Å². The number of nitrogens with one attached hydrogen (secondary N) is 2. The van der Waals surface area contributed by atoms with Gasteiger partial charge >= 0.3 is 6.09 Å². The van der Waals surface area contributed by atoms with E-state index in [0.717, 1.165) is 19.3 Å². The number of rotatable bonds is 10. The molecule has 0 bridgehead atoms. The van der Waals surface area contributed by atoms with Gasteiger partial charge in [-0.25, -0.2) is 4.79 Å². The number of hydrogen-bond donors (Lipinski definition) is 3. The maximum Gasteiger partial charge on any atom is 0.408 e. The predicted molar refractivity (Wildman–Crippen MR) is 142 cm³/mol. The van der Waals surface area contributed by atoms with Crippen molar-refractivity contribution in [2.75, 3.05) is 6.54 Å². The predicted octanol–water partition coefficient (Wildman–Crippen LogP) is 2.38. The zero-order valence-electron chi connectivity index (χ0n) is 24.1. The van der Waals surface area contributed by atoms with E-state index >= 15 is 0 Å². The summed E-state index contributed by atoms with van der Waals surface area (Å²) in [4.78, 5) is 66.1. The Morgan fingerprint density at radius 1 is 1.05 bits per heavy atom. The molecule has 2 aliphatic carbocycles. The quantitative estimate of drug-likeness (QED) is 0.367. The normalized spacial score (nSPS) is 26.4. The molecule has 6 atom stereocenters. The minimum absolute atomic E-state index is 0.0898. The van der Waals surface area contributed by atoms with Crippen LogP contribution in [0.1, 0.15) is 81.1 Å². The summed E-state index contributed by atoms with van der Waals surface area (Å²) in [6.45, 7) is 15.7. The maximum absolute atomic E-state index is 13.9. The zero-order chi connectivity index (χ0) is 28.7. The van der Waals surface area contributed by atoms with Crippen molar-refractivity contribution in [3.05, 3.63) is 0 Å². The van der Waals surface area contributed by atoms with Gasteiger partial charge in [-0.2, -0.15) is 0 Å². The highest BCUT2D eigenvalue weighted by Crippen LogP contribution is 2.65. The summed E-state index contributed by atoms with van der Waals surface area (Å²) in [6, 6.07) is -2.75. The first-order valence-corrected chi connectivity index (χ1v) is 13.9. The molecule has 38 heavy (non-hydrogen) atoms. The second-order valence-corrected chi connectivity index (χ2v) is 13.5. The third kappa shape index (κ3) is 6.15. The van der Waals surface area contributed by atoms with Gasteiger partial charge in [0.2, 0.25) is 17.6 Å². The lowest BCUT2D eigenvalue weighted by Crippen LogP contribution is -2.60. The highest BCUT2D eigenvalue weighted by molar-refractivity contribution is 6.37. The van der Waals surface area contributed by atoms with Crippen LogP contribution < -0.4 is 16.4 Å². The first kappa shape index (κ1) is 29.9. The smallest absolute Gasteiger partial charge is 0.408 e. The van der Waals surface area contributed by atoms with Crippen molar-refractivity contribution in [2.24, 2.45) is 40.2 Å². The number of nitrogens with zero attached hydrogens (tertiary/aromatic N) is 1. The maximum atomic E-state index is 13.9. The number of ketones is 1. The van der Waals surface area contributed by atoms with Gasteiger partial charge in [0, 0.05) is 6.54 Å². The number of alkyl carbamates (subject to hydrolysis) is 1. The Labute approximate surface area is 226 Å². The van der Waals surface area contributed by atoms with Crippen LogP contribution in [0.5, 0.6) is 0 Å². The van der Waals surface area contributed by atoms with Gasteiger partial charge < -0.3 is 26.0 Å². The highest BCUT2D eigenvalue weighted by atomic mass is 16.6. The number of primary amides is 1. The van der Waals surface area contributed by atoms with E-state index in [1.54, 1.807) is 6.92 Å². The summed E-state index contributed by atoms with van der Waals surface area (Å²) in [6.07, 6.45) is 2.28. The molecule has 1 aliphatic heterocycles. The lowest BCUT2D eigenvalue weighted by molar-refractivity contribution is -0.145. The second-order valence-electron chi connectivity index (χ2n) is 13.5. The number of amides is 4. The fourth-order valence-electron chi connectivity index (χ4n) is 5.81. The van der Waals surface area contributed by atoms with Crippen molar-refractivity contribution in [2.45, 2.75) is 105 Å². The molecule has 0 aromatic carbocycles. The topological polar surface area (TPSA) is 148 Å². The molecule has 1 unspecified atom stereocenters. The van der Waals surface area contributed by atoms with E-state index in [1.807, 2.05) is 34.6 Å². The monoisotopic (exact) mass is 534 g/mol. The van der Waals surface area contributed by atoms with E-state index in [1.165, 1.54) is 4.90 Å². The molecule has 2 saturated carbocycles. The van der Waals surface area contributed by atoms with Crippen LogP contribution >= 0.6 is 0 Å². The summed E-state index contributed by atoms with van der Waals surface area (Å²) in [7, 11) is 0. The van der Waals surface area contributed by atoms with Gasteiger partial charge in [0.1, 0.15) is 18.2 Å². The van der Waals surface area contributed by atoms with Crippen LogP contribution in [-0.2, 0) is 23.9 Å². The fourth-order valence-corrected chi connectivity index (χ4v) is 5.81. The molecular formula is C28H46N4O6. The number of carbonyl (C=O) groups is 5. The van der Waals surface area contributed by atoms with Crippen LogP contribution in [0, 0.1) is 34.5 Å². The molecule has 0 aromatic heterocycles. The van der Waals surface area contributed by atoms with Crippen molar-refractivity contribution >= 4 is 29.6 Å². The lowest BCUT2D eigenvalue weighted by Gasteiger charge is -2.38. The Bertz CT molecular complexity index is 967. The average Bonchev–Trinajstić information content (AvgIpc) is 3.10. The second kappa shape index (κ2) is 10.8. The Hall–Kier alpha value is -2.65. The largest absolute Gasteiger partial charge is 0.446 e. The number of Topliss-reactive ketones (excluding diaryl/α,β-unsaturated/α-hetero) is 1. The van der Waals surface area contributed by atoms with Gasteiger partial charge in [-0.05, 0) is 47.8 Å². The number of hydrogen-bond acceptors (Lipinski definition) is 6. The molecule has 3 aliphatic rings. The molecule has 3 rings (SSSR count). The van der Waals surface area contributed by atoms with Gasteiger partial charge in [0.15, 0.2) is 0 Å². The van der Waals surface area contributed by atoms with E-state index in [4.69, 9.17) is 10.5 Å². The van der Waals surface area contributed by atoms with Crippen LogP contribution in [0.15, 0.2) is 0 Å². The molecule has 0 radical (unpaired) electrons. The molecule has 4 amide bonds. The summed E-state index contributed by atoms with van der Waals surface area (Å²) in [5.41, 5.74) is 4.48. The molecule has 0 aromatic rings. The van der Waals surface area contributed by atoms with Crippen LogP contribution in [-0.4, -0.2) is 65.3 Å². The van der Waals surface area contributed by atoms with Gasteiger partial charge in [-0.3, -0.25) is 19.2 Å². The van der Waals surface area contributed by atoms with E-state index < -0.39 is 47.2 Å². The lowest BCUT2D eigenvalue weighted by atomic mass is 9.80.